The first-order valence-electron chi connectivity index (χ1n) is 7.16. The third-order valence-corrected chi connectivity index (χ3v) is 3.65. The van der Waals surface area contributed by atoms with Crippen molar-refractivity contribution in [1.82, 2.24) is 4.90 Å². The van der Waals surface area contributed by atoms with Crippen molar-refractivity contribution >= 4 is 5.91 Å². The Morgan fingerprint density at radius 1 is 1.05 bits per heavy atom. The molecule has 3 nitrogen and oxygen atoms in total. The highest BCUT2D eigenvalue weighted by molar-refractivity contribution is 5.78. The van der Waals surface area contributed by atoms with Crippen LogP contribution >= 0.6 is 0 Å². The lowest BCUT2D eigenvalue weighted by Gasteiger charge is -2.18. The minimum Gasteiger partial charge on any atom is -0.341 e. The number of rotatable bonds is 5. The van der Waals surface area contributed by atoms with E-state index in [1.54, 1.807) is 4.90 Å². The van der Waals surface area contributed by atoms with Crippen LogP contribution in [0.2, 0.25) is 0 Å². The Kier molecular flexibility index (Phi) is 5.12. The number of carbonyl (C=O) groups excluding carboxylic acids is 1. The number of hydrogen-bond donors (Lipinski definition) is 1. The molecule has 0 fully saturated rings. The van der Waals surface area contributed by atoms with Crippen LogP contribution in [0.15, 0.2) is 48.5 Å². The average Bonchev–Trinajstić information content (AvgIpc) is 2.50. The fraction of sp³-hybridized carbons (Fsp3) is 0.278. The molecule has 0 radical (unpaired) electrons. The minimum atomic E-state index is 0.108. The first-order valence-corrected chi connectivity index (χ1v) is 7.16. The van der Waals surface area contributed by atoms with Gasteiger partial charge in [0.1, 0.15) is 0 Å². The summed E-state index contributed by atoms with van der Waals surface area (Å²) in [5.41, 5.74) is 10.1. The number of aryl methyl sites for hydroxylation is 1. The van der Waals surface area contributed by atoms with E-state index in [0.29, 0.717) is 19.5 Å². The molecular weight excluding hydrogens is 260 g/mol. The van der Waals surface area contributed by atoms with Gasteiger partial charge in [-0.15, -0.1) is 0 Å². The van der Waals surface area contributed by atoms with E-state index in [0.717, 1.165) is 16.7 Å². The number of benzene rings is 2. The number of nitrogens with two attached hydrogens (primary N) is 1. The zero-order valence-corrected chi connectivity index (χ0v) is 12.7. The predicted octanol–water partition coefficient (Wildman–Crippen LogP) is 2.65. The maximum atomic E-state index is 12.3. The van der Waals surface area contributed by atoms with Gasteiger partial charge in [-0.05, 0) is 23.6 Å². The lowest BCUT2D eigenvalue weighted by molar-refractivity contribution is -0.129. The summed E-state index contributed by atoms with van der Waals surface area (Å²) in [6.07, 6.45) is 0.399. The lowest BCUT2D eigenvalue weighted by Crippen LogP contribution is -2.28. The average molecular weight is 282 g/mol. The van der Waals surface area contributed by atoms with Crippen LogP contribution in [0.25, 0.3) is 0 Å². The van der Waals surface area contributed by atoms with E-state index in [-0.39, 0.29) is 5.91 Å². The summed E-state index contributed by atoms with van der Waals surface area (Å²) in [7, 11) is 1.84. The number of carbonyl (C=O) groups is 1. The first kappa shape index (κ1) is 15.3. The van der Waals surface area contributed by atoms with Gasteiger partial charge in [0.05, 0.1) is 6.42 Å². The third-order valence-electron chi connectivity index (χ3n) is 3.65. The molecule has 0 aliphatic carbocycles. The minimum absolute atomic E-state index is 0.108. The molecule has 2 N–H and O–H groups in total. The maximum absolute atomic E-state index is 12.3. The van der Waals surface area contributed by atoms with Crippen LogP contribution in [-0.2, 0) is 24.3 Å². The molecule has 0 aliphatic heterocycles. The fourth-order valence-corrected chi connectivity index (χ4v) is 2.28. The number of amides is 1. The van der Waals surface area contributed by atoms with Gasteiger partial charge in [-0.25, -0.2) is 0 Å². The van der Waals surface area contributed by atoms with E-state index in [1.165, 1.54) is 5.56 Å². The molecule has 0 spiro atoms. The van der Waals surface area contributed by atoms with Crippen LogP contribution in [0.3, 0.4) is 0 Å². The molecule has 0 saturated carbocycles. The Hall–Kier alpha value is -2.13. The molecule has 2 aromatic carbocycles. The first-order chi connectivity index (χ1) is 10.1. The van der Waals surface area contributed by atoms with Gasteiger partial charge in [-0.1, -0.05) is 54.1 Å². The number of likely N-dealkylation sites (N-methyl/N-ethyl adjacent to an activating group) is 1. The zero-order chi connectivity index (χ0) is 15.2. The normalized spacial score (nSPS) is 10.4. The Balaban J connectivity index is 2.01. The van der Waals surface area contributed by atoms with Crippen molar-refractivity contribution in [2.45, 2.75) is 26.4 Å². The molecule has 0 atom stereocenters. The largest absolute Gasteiger partial charge is 0.341 e. The summed E-state index contributed by atoms with van der Waals surface area (Å²) >= 11 is 0. The molecule has 0 aromatic heterocycles. The summed E-state index contributed by atoms with van der Waals surface area (Å²) in [5.74, 6) is 0.108. The Labute approximate surface area is 126 Å². The summed E-state index contributed by atoms with van der Waals surface area (Å²) in [6.45, 7) is 3.15. The van der Waals surface area contributed by atoms with Gasteiger partial charge in [-0.3, -0.25) is 4.79 Å². The second-order valence-corrected chi connectivity index (χ2v) is 5.39. The van der Waals surface area contributed by atoms with E-state index < -0.39 is 0 Å². The topological polar surface area (TPSA) is 46.3 Å². The molecule has 0 unspecified atom stereocenters. The van der Waals surface area contributed by atoms with Crippen LogP contribution in [-0.4, -0.2) is 17.9 Å². The third kappa shape index (κ3) is 4.17. The molecule has 0 heterocycles. The van der Waals surface area contributed by atoms with Gasteiger partial charge in [0, 0.05) is 20.1 Å². The maximum Gasteiger partial charge on any atom is 0.227 e. The van der Waals surface area contributed by atoms with Crippen molar-refractivity contribution in [3.8, 4) is 0 Å². The van der Waals surface area contributed by atoms with Gasteiger partial charge < -0.3 is 10.6 Å². The Morgan fingerprint density at radius 3 is 2.29 bits per heavy atom. The predicted molar refractivity (Wildman–Crippen MR) is 85.7 cm³/mol. The SMILES string of the molecule is Cc1ccc(CN(C)C(=O)Cc2ccccc2CN)cc1. The Bertz CT molecular complexity index is 605. The van der Waals surface area contributed by atoms with Gasteiger partial charge in [-0.2, -0.15) is 0 Å². The summed E-state index contributed by atoms with van der Waals surface area (Å²) in [4.78, 5) is 14.1. The zero-order valence-electron chi connectivity index (χ0n) is 12.7. The fourth-order valence-electron chi connectivity index (χ4n) is 2.28. The van der Waals surface area contributed by atoms with Crippen molar-refractivity contribution in [3.05, 3.63) is 70.8 Å². The number of nitrogens with zero attached hydrogens (tertiary/aromatic N) is 1. The van der Waals surface area contributed by atoms with E-state index in [4.69, 9.17) is 5.73 Å². The van der Waals surface area contributed by atoms with E-state index in [9.17, 15) is 4.79 Å². The molecule has 0 saturated heterocycles. The van der Waals surface area contributed by atoms with E-state index in [1.807, 2.05) is 31.3 Å². The molecule has 1 amide bonds. The van der Waals surface area contributed by atoms with Crippen LogP contribution < -0.4 is 5.73 Å². The van der Waals surface area contributed by atoms with Gasteiger partial charge in [0.15, 0.2) is 0 Å². The molecule has 2 aromatic rings. The summed E-state index contributed by atoms with van der Waals surface area (Å²) in [5, 5.41) is 0. The second-order valence-electron chi connectivity index (χ2n) is 5.39. The molecular formula is C18H22N2O. The Morgan fingerprint density at radius 2 is 1.67 bits per heavy atom. The summed E-state index contributed by atoms with van der Waals surface area (Å²) < 4.78 is 0. The molecule has 21 heavy (non-hydrogen) atoms. The van der Waals surface area contributed by atoms with Gasteiger partial charge >= 0.3 is 0 Å². The highest BCUT2D eigenvalue weighted by Crippen LogP contribution is 2.11. The van der Waals surface area contributed by atoms with Crippen molar-refractivity contribution in [2.24, 2.45) is 5.73 Å². The van der Waals surface area contributed by atoms with Crippen LogP contribution in [0, 0.1) is 6.92 Å². The monoisotopic (exact) mass is 282 g/mol. The van der Waals surface area contributed by atoms with Gasteiger partial charge in [0.2, 0.25) is 5.91 Å². The van der Waals surface area contributed by atoms with Crippen LogP contribution in [0.1, 0.15) is 22.3 Å². The van der Waals surface area contributed by atoms with E-state index >= 15 is 0 Å². The smallest absolute Gasteiger partial charge is 0.227 e. The van der Waals surface area contributed by atoms with E-state index in [2.05, 4.69) is 31.2 Å². The molecule has 3 heteroatoms. The van der Waals surface area contributed by atoms with Crippen LogP contribution in [0.5, 0.6) is 0 Å². The number of hydrogen-bond acceptors (Lipinski definition) is 2. The van der Waals surface area contributed by atoms with Crippen molar-refractivity contribution in [1.29, 1.82) is 0 Å². The standard InChI is InChI=1S/C18H22N2O/c1-14-7-9-15(10-8-14)13-20(2)18(21)11-16-5-3-4-6-17(16)12-19/h3-10H,11-13,19H2,1-2H3. The second kappa shape index (κ2) is 7.04. The molecule has 110 valence electrons. The lowest BCUT2D eigenvalue weighted by atomic mass is 10.0. The highest BCUT2D eigenvalue weighted by atomic mass is 16.2. The van der Waals surface area contributed by atoms with Crippen molar-refractivity contribution in [3.63, 3.8) is 0 Å². The summed E-state index contributed by atoms with van der Waals surface area (Å²) in [6, 6.07) is 16.1. The van der Waals surface area contributed by atoms with Crippen molar-refractivity contribution < 1.29 is 4.79 Å². The quantitative estimate of drug-likeness (QED) is 0.916. The van der Waals surface area contributed by atoms with Crippen molar-refractivity contribution in [2.75, 3.05) is 7.05 Å². The molecule has 0 aliphatic rings. The molecule has 2 rings (SSSR count). The van der Waals surface area contributed by atoms with Crippen LogP contribution in [0.4, 0.5) is 0 Å². The molecule has 0 bridgehead atoms. The van der Waals surface area contributed by atoms with Gasteiger partial charge in [0.25, 0.3) is 0 Å². The highest BCUT2D eigenvalue weighted by Gasteiger charge is 2.12.